The van der Waals surface area contributed by atoms with Crippen molar-refractivity contribution in [3.63, 3.8) is 0 Å². The van der Waals surface area contributed by atoms with E-state index in [2.05, 4.69) is 35.4 Å². The molecule has 2 unspecified atom stereocenters. The van der Waals surface area contributed by atoms with Gasteiger partial charge in [-0.05, 0) is 19.3 Å². The van der Waals surface area contributed by atoms with Crippen molar-refractivity contribution in [3.8, 4) is 0 Å². The second kappa shape index (κ2) is 5.17. The maximum absolute atomic E-state index is 4.09. The van der Waals surface area contributed by atoms with Gasteiger partial charge in [-0.25, -0.2) is 4.98 Å². The van der Waals surface area contributed by atoms with Crippen LogP contribution in [0.25, 0.3) is 0 Å². The van der Waals surface area contributed by atoms with Crippen molar-refractivity contribution in [2.24, 2.45) is 5.92 Å². The zero-order chi connectivity index (χ0) is 9.68. The predicted octanol–water partition coefficient (Wildman–Crippen LogP) is 2.77. The lowest BCUT2D eigenvalue weighted by Crippen LogP contribution is -2.17. The van der Waals surface area contributed by atoms with E-state index in [0.717, 1.165) is 11.0 Å². The molecule has 0 amide bonds. The van der Waals surface area contributed by atoms with Crippen LogP contribution in [0, 0.1) is 5.92 Å². The van der Waals surface area contributed by atoms with Crippen LogP contribution in [0.5, 0.6) is 0 Å². The topological polar surface area (TPSA) is 37.8 Å². The van der Waals surface area contributed by atoms with Crippen molar-refractivity contribution in [2.75, 3.05) is 5.32 Å². The van der Waals surface area contributed by atoms with Gasteiger partial charge >= 0.3 is 0 Å². The average molecular weight is 199 g/mol. The minimum absolute atomic E-state index is 0.489. The summed E-state index contributed by atoms with van der Waals surface area (Å²) in [4.78, 5) is 4.09. The van der Waals surface area contributed by atoms with Gasteiger partial charge in [0.05, 0.1) is 0 Å². The Morgan fingerprint density at radius 3 is 2.85 bits per heavy atom. The third kappa shape index (κ3) is 3.72. The lowest BCUT2D eigenvalue weighted by Gasteiger charge is -2.16. The summed E-state index contributed by atoms with van der Waals surface area (Å²) in [5, 5.41) is 4.26. The molecule has 0 saturated carbocycles. The van der Waals surface area contributed by atoms with Crippen LogP contribution < -0.4 is 5.32 Å². The lowest BCUT2D eigenvalue weighted by atomic mass is 10.0. The summed E-state index contributed by atoms with van der Waals surface area (Å²) >= 11 is 1.41. The van der Waals surface area contributed by atoms with Crippen molar-refractivity contribution >= 4 is 16.7 Å². The van der Waals surface area contributed by atoms with Crippen LogP contribution in [-0.2, 0) is 0 Å². The number of anilines is 1. The van der Waals surface area contributed by atoms with Crippen molar-refractivity contribution in [1.29, 1.82) is 0 Å². The van der Waals surface area contributed by atoms with Crippen LogP contribution in [0.2, 0.25) is 0 Å². The number of hydrogen-bond donors (Lipinski definition) is 1. The van der Waals surface area contributed by atoms with Crippen molar-refractivity contribution in [2.45, 2.75) is 39.7 Å². The van der Waals surface area contributed by atoms with E-state index in [1.165, 1.54) is 24.4 Å². The Morgan fingerprint density at radius 2 is 2.31 bits per heavy atom. The second-order valence-electron chi connectivity index (χ2n) is 3.54. The minimum atomic E-state index is 0.489. The summed E-state index contributed by atoms with van der Waals surface area (Å²) in [6.07, 6.45) is 4.02. The molecular formula is C9H17N3S. The molecule has 1 rings (SSSR count). The van der Waals surface area contributed by atoms with Gasteiger partial charge in [0.1, 0.15) is 6.33 Å². The van der Waals surface area contributed by atoms with Crippen LogP contribution in [0.3, 0.4) is 0 Å². The van der Waals surface area contributed by atoms with E-state index in [-0.39, 0.29) is 0 Å². The fourth-order valence-electron chi connectivity index (χ4n) is 1.28. The van der Waals surface area contributed by atoms with Gasteiger partial charge in [0.2, 0.25) is 5.13 Å². The van der Waals surface area contributed by atoms with Gasteiger partial charge in [0.25, 0.3) is 0 Å². The molecule has 0 aliphatic heterocycles. The molecule has 0 radical (unpaired) electrons. The van der Waals surface area contributed by atoms with Gasteiger partial charge in [-0.1, -0.05) is 20.3 Å². The van der Waals surface area contributed by atoms with E-state index in [1.54, 1.807) is 6.33 Å². The van der Waals surface area contributed by atoms with E-state index >= 15 is 0 Å². The molecule has 1 aromatic rings. The van der Waals surface area contributed by atoms with Gasteiger partial charge in [0, 0.05) is 17.6 Å². The van der Waals surface area contributed by atoms with Gasteiger partial charge < -0.3 is 5.32 Å². The molecule has 1 aromatic heterocycles. The molecule has 1 N–H and O–H groups in total. The maximum Gasteiger partial charge on any atom is 0.202 e. The first-order valence-corrected chi connectivity index (χ1v) is 5.53. The molecule has 74 valence electrons. The third-order valence-corrected chi connectivity index (χ3v) is 2.78. The number of hydrogen-bond acceptors (Lipinski definition) is 4. The Bertz CT molecular complexity index is 223. The van der Waals surface area contributed by atoms with E-state index in [1.807, 2.05) is 0 Å². The van der Waals surface area contributed by atoms with Crippen LogP contribution >= 0.6 is 11.5 Å². The van der Waals surface area contributed by atoms with Crippen molar-refractivity contribution in [1.82, 2.24) is 9.36 Å². The molecule has 0 saturated heterocycles. The second-order valence-corrected chi connectivity index (χ2v) is 4.32. The normalized spacial score (nSPS) is 15.3. The largest absolute Gasteiger partial charge is 0.358 e. The Hall–Kier alpha value is -0.640. The molecule has 3 nitrogen and oxygen atoms in total. The van der Waals surface area contributed by atoms with Crippen molar-refractivity contribution in [3.05, 3.63) is 6.33 Å². The maximum atomic E-state index is 4.09. The molecule has 0 fully saturated rings. The van der Waals surface area contributed by atoms with Gasteiger partial charge in [-0.15, -0.1) is 0 Å². The molecule has 0 aromatic carbocycles. The van der Waals surface area contributed by atoms with E-state index in [0.29, 0.717) is 6.04 Å². The number of aromatic nitrogens is 2. The highest BCUT2D eigenvalue weighted by Gasteiger charge is 2.07. The van der Waals surface area contributed by atoms with Crippen LogP contribution in [0.4, 0.5) is 5.13 Å². The highest BCUT2D eigenvalue weighted by Crippen LogP contribution is 2.14. The quantitative estimate of drug-likeness (QED) is 0.792. The first-order chi connectivity index (χ1) is 6.22. The Balaban J connectivity index is 2.29. The Labute approximate surface area is 83.8 Å². The van der Waals surface area contributed by atoms with E-state index < -0.39 is 0 Å². The van der Waals surface area contributed by atoms with Gasteiger partial charge in [-0.3, -0.25) is 0 Å². The van der Waals surface area contributed by atoms with E-state index in [9.17, 15) is 0 Å². The average Bonchev–Trinajstić information content (AvgIpc) is 2.56. The fourth-order valence-corrected chi connectivity index (χ4v) is 1.82. The summed E-state index contributed by atoms with van der Waals surface area (Å²) in [7, 11) is 0. The SMILES string of the molecule is CCC(C)CC(C)Nc1ncns1. The summed E-state index contributed by atoms with van der Waals surface area (Å²) in [6, 6.07) is 0.489. The standard InChI is InChI=1S/C9H17N3S/c1-4-7(2)5-8(3)12-9-10-6-11-13-9/h6-8H,4-5H2,1-3H3,(H,10,11,12). The molecule has 0 spiro atoms. The predicted molar refractivity (Wildman–Crippen MR) is 57.1 cm³/mol. The first-order valence-electron chi connectivity index (χ1n) is 4.75. The molecule has 0 aliphatic rings. The van der Waals surface area contributed by atoms with Gasteiger partial charge in [0.15, 0.2) is 0 Å². The summed E-state index contributed by atoms with van der Waals surface area (Å²) in [5.41, 5.74) is 0. The molecule has 13 heavy (non-hydrogen) atoms. The monoisotopic (exact) mass is 199 g/mol. The smallest absolute Gasteiger partial charge is 0.202 e. The Kier molecular flexibility index (Phi) is 4.15. The van der Waals surface area contributed by atoms with Crippen LogP contribution in [0.15, 0.2) is 6.33 Å². The van der Waals surface area contributed by atoms with E-state index in [4.69, 9.17) is 0 Å². The fraction of sp³-hybridized carbons (Fsp3) is 0.778. The highest BCUT2D eigenvalue weighted by atomic mass is 32.1. The lowest BCUT2D eigenvalue weighted by molar-refractivity contribution is 0.483. The first kappa shape index (κ1) is 10.4. The third-order valence-electron chi connectivity index (χ3n) is 2.18. The number of nitrogens with zero attached hydrogens (tertiary/aromatic N) is 2. The number of rotatable bonds is 5. The van der Waals surface area contributed by atoms with Crippen LogP contribution in [0.1, 0.15) is 33.6 Å². The number of nitrogens with one attached hydrogen (secondary N) is 1. The highest BCUT2D eigenvalue weighted by molar-refractivity contribution is 7.09. The zero-order valence-electron chi connectivity index (χ0n) is 8.45. The summed E-state index contributed by atoms with van der Waals surface area (Å²) in [5.74, 6) is 0.774. The molecule has 2 atom stereocenters. The molecule has 1 heterocycles. The summed E-state index contributed by atoms with van der Waals surface area (Å²) < 4.78 is 3.94. The Morgan fingerprint density at radius 1 is 1.54 bits per heavy atom. The van der Waals surface area contributed by atoms with Gasteiger partial charge in [-0.2, -0.15) is 4.37 Å². The zero-order valence-corrected chi connectivity index (χ0v) is 9.27. The molecule has 0 aliphatic carbocycles. The van der Waals surface area contributed by atoms with Crippen LogP contribution in [-0.4, -0.2) is 15.4 Å². The minimum Gasteiger partial charge on any atom is -0.358 e. The summed E-state index contributed by atoms with van der Waals surface area (Å²) in [6.45, 7) is 6.69. The van der Waals surface area contributed by atoms with Crippen molar-refractivity contribution < 1.29 is 0 Å². The molecule has 4 heteroatoms. The molecule has 0 bridgehead atoms. The molecular weight excluding hydrogens is 182 g/mol.